The molecule has 1 fully saturated rings. The molecule has 1 aliphatic rings. The summed E-state index contributed by atoms with van der Waals surface area (Å²) in [5, 5.41) is 0. The second-order valence-electron chi connectivity index (χ2n) is 6.69. The lowest BCUT2D eigenvalue weighted by Crippen LogP contribution is -2.41. The number of carbonyl (C=O) groups is 1. The minimum atomic E-state index is -3.29. The maximum Gasteiger partial charge on any atom is 0.414 e. The highest BCUT2D eigenvalue weighted by atomic mass is 32.2. The van der Waals surface area contributed by atoms with Gasteiger partial charge >= 0.3 is 6.09 Å². The lowest BCUT2D eigenvalue weighted by atomic mass is 10.1. The molecule has 0 spiro atoms. The van der Waals surface area contributed by atoms with Gasteiger partial charge in [0.1, 0.15) is 11.9 Å². The number of likely N-dealkylation sites (tertiary alicyclic amines) is 1. The van der Waals surface area contributed by atoms with Gasteiger partial charge in [0, 0.05) is 50.1 Å². The van der Waals surface area contributed by atoms with Gasteiger partial charge in [-0.05, 0) is 30.3 Å². The average molecular weight is 418 g/mol. The molecule has 1 aliphatic heterocycles. The molecule has 2 aromatic rings. The molecule has 29 heavy (non-hydrogen) atoms. The van der Waals surface area contributed by atoms with E-state index in [9.17, 15) is 18.0 Å². The third-order valence-corrected chi connectivity index (χ3v) is 5.75. The number of amides is 1. The van der Waals surface area contributed by atoms with E-state index in [1.54, 1.807) is 29.3 Å². The second kappa shape index (κ2) is 8.52. The Hall–Kier alpha value is -3.07. The molecule has 0 bridgehead atoms. The number of carbonyl (C=O) groups excluding carboxylic acids is 1. The molecule has 2 heterocycles. The highest BCUT2D eigenvalue weighted by molar-refractivity contribution is 7.90. The maximum absolute atomic E-state index is 12.5. The van der Waals surface area contributed by atoms with Crippen molar-refractivity contribution in [2.75, 3.05) is 19.3 Å². The minimum absolute atomic E-state index is 0.105. The van der Waals surface area contributed by atoms with Crippen LogP contribution in [0, 0.1) is 0 Å². The predicted octanol–water partition coefficient (Wildman–Crippen LogP) is 2.36. The van der Waals surface area contributed by atoms with Crippen molar-refractivity contribution < 1.29 is 22.7 Å². The molecule has 0 unspecified atom stereocenters. The van der Waals surface area contributed by atoms with Gasteiger partial charge in [-0.15, -0.1) is 0 Å². The number of benzene rings is 1. The van der Waals surface area contributed by atoms with Crippen LogP contribution in [-0.4, -0.2) is 49.4 Å². The number of pyridine rings is 1. The van der Waals surface area contributed by atoms with Crippen molar-refractivity contribution in [3.63, 3.8) is 0 Å². The van der Waals surface area contributed by atoms with E-state index in [-0.39, 0.29) is 16.6 Å². The maximum atomic E-state index is 12.5. The molecule has 1 aromatic carbocycles. The molecular weight excluding hydrogens is 396 g/mol. The quantitative estimate of drug-likeness (QED) is 0.692. The molecule has 9 heteroatoms. The van der Waals surface area contributed by atoms with Crippen molar-refractivity contribution in [1.29, 1.82) is 0 Å². The van der Waals surface area contributed by atoms with Crippen LogP contribution < -0.4 is 10.3 Å². The van der Waals surface area contributed by atoms with Crippen molar-refractivity contribution in [3.05, 3.63) is 65.8 Å². The van der Waals surface area contributed by atoms with E-state index in [1.807, 2.05) is 0 Å². The smallest absolute Gasteiger partial charge is 0.414 e. The Bertz CT molecular complexity index is 1050. The standard InChI is InChI=1S/C20H22N2O6S/c1-3-27-20(24)21-11-8-16(9-12-21)28-17-10-13-22(19(23)14-17)15-4-6-18(7-5-15)29(2,25)26/h3-7,10,13-14,16H,1,8-9,11-12H2,2H3. The second-order valence-corrected chi connectivity index (χ2v) is 8.71. The van der Waals surface area contributed by atoms with Gasteiger partial charge in [-0.3, -0.25) is 9.36 Å². The molecule has 1 amide bonds. The summed E-state index contributed by atoms with van der Waals surface area (Å²) in [7, 11) is -3.29. The van der Waals surface area contributed by atoms with Gasteiger partial charge in [0.05, 0.1) is 11.2 Å². The molecule has 0 aliphatic carbocycles. The Morgan fingerprint density at radius 1 is 1.17 bits per heavy atom. The molecule has 0 saturated carbocycles. The summed E-state index contributed by atoms with van der Waals surface area (Å²) in [4.78, 5) is 25.9. The zero-order valence-corrected chi connectivity index (χ0v) is 16.8. The van der Waals surface area contributed by atoms with Crippen LogP contribution in [0.25, 0.3) is 5.69 Å². The van der Waals surface area contributed by atoms with E-state index < -0.39 is 15.9 Å². The van der Waals surface area contributed by atoms with Gasteiger partial charge in [-0.25, -0.2) is 13.2 Å². The van der Waals surface area contributed by atoms with Crippen LogP contribution in [0.2, 0.25) is 0 Å². The Morgan fingerprint density at radius 2 is 1.83 bits per heavy atom. The highest BCUT2D eigenvalue weighted by Gasteiger charge is 2.24. The largest absolute Gasteiger partial charge is 0.490 e. The Balaban J connectivity index is 1.65. The van der Waals surface area contributed by atoms with Gasteiger partial charge in [-0.1, -0.05) is 6.58 Å². The van der Waals surface area contributed by atoms with Crippen molar-refractivity contribution in [2.45, 2.75) is 23.8 Å². The number of rotatable bonds is 5. The first-order valence-electron chi connectivity index (χ1n) is 9.04. The normalized spacial score (nSPS) is 15.0. The predicted molar refractivity (Wildman–Crippen MR) is 107 cm³/mol. The average Bonchev–Trinajstić information content (AvgIpc) is 2.68. The fourth-order valence-electron chi connectivity index (χ4n) is 3.10. The minimum Gasteiger partial charge on any atom is -0.490 e. The monoisotopic (exact) mass is 418 g/mol. The first kappa shape index (κ1) is 20.7. The first-order chi connectivity index (χ1) is 13.8. The molecule has 154 valence electrons. The van der Waals surface area contributed by atoms with Crippen LogP contribution in [0.15, 0.2) is 65.1 Å². The van der Waals surface area contributed by atoms with Crippen LogP contribution in [0.3, 0.4) is 0 Å². The molecule has 8 nitrogen and oxygen atoms in total. The molecule has 1 aromatic heterocycles. The molecule has 1 saturated heterocycles. The van der Waals surface area contributed by atoms with Crippen molar-refractivity contribution in [2.24, 2.45) is 0 Å². The first-order valence-corrected chi connectivity index (χ1v) is 10.9. The lowest BCUT2D eigenvalue weighted by molar-refractivity contribution is 0.0859. The number of aromatic nitrogens is 1. The SMILES string of the molecule is C=COC(=O)N1CCC(Oc2ccn(-c3ccc(S(C)(=O)=O)cc3)c(=O)c2)CC1. The molecule has 0 N–H and O–H groups in total. The summed E-state index contributed by atoms with van der Waals surface area (Å²) in [5.74, 6) is 0.450. The summed E-state index contributed by atoms with van der Waals surface area (Å²) in [6.45, 7) is 4.37. The van der Waals surface area contributed by atoms with Crippen LogP contribution in [0.1, 0.15) is 12.8 Å². The van der Waals surface area contributed by atoms with Crippen molar-refractivity contribution >= 4 is 15.9 Å². The fourth-order valence-corrected chi connectivity index (χ4v) is 3.73. The number of sulfone groups is 1. The zero-order chi connectivity index (χ0) is 21.0. The molecule has 0 atom stereocenters. The van der Waals surface area contributed by atoms with Gasteiger partial charge < -0.3 is 14.4 Å². The summed E-state index contributed by atoms with van der Waals surface area (Å²) in [6, 6.07) is 9.17. The van der Waals surface area contributed by atoms with Crippen LogP contribution in [-0.2, 0) is 14.6 Å². The van der Waals surface area contributed by atoms with Gasteiger partial charge in [-0.2, -0.15) is 0 Å². The van der Waals surface area contributed by atoms with Crippen molar-refractivity contribution in [1.82, 2.24) is 9.47 Å². The van der Waals surface area contributed by atoms with E-state index in [0.29, 0.717) is 37.4 Å². The van der Waals surface area contributed by atoms with E-state index >= 15 is 0 Å². The number of nitrogens with zero attached hydrogens (tertiary/aromatic N) is 2. The fraction of sp³-hybridized carbons (Fsp3) is 0.300. The van der Waals surface area contributed by atoms with Crippen LogP contribution in [0.4, 0.5) is 4.79 Å². The lowest BCUT2D eigenvalue weighted by Gasteiger charge is -2.31. The van der Waals surface area contributed by atoms with Gasteiger partial charge in [0.25, 0.3) is 5.56 Å². The van der Waals surface area contributed by atoms with Gasteiger partial charge in [0.2, 0.25) is 0 Å². The van der Waals surface area contributed by atoms with Crippen LogP contribution in [0.5, 0.6) is 5.75 Å². The third-order valence-electron chi connectivity index (χ3n) is 4.62. The number of ether oxygens (including phenoxy) is 2. The van der Waals surface area contributed by atoms with E-state index in [4.69, 9.17) is 9.47 Å². The number of piperidine rings is 1. The third kappa shape index (κ3) is 5.05. The summed E-state index contributed by atoms with van der Waals surface area (Å²) in [5.41, 5.74) is 0.268. The zero-order valence-electron chi connectivity index (χ0n) is 16.0. The Labute approximate surface area is 168 Å². The summed E-state index contributed by atoms with van der Waals surface area (Å²) in [6.07, 6.45) is 4.55. The Kier molecular flexibility index (Phi) is 6.07. The highest BCUT2D eigenvalue weighted by Crippen LogP contribution is 2.19. The molecular formula is C20H22N2O6S. The number of hydrogen-bond donors (Lipinski definition) is 0. The van der Waals surface area contributed by atoms with E-state index in [0.717, 1.165) is 12.5 Å². The van der Waals surface area contributed by atoms with Crippen LogP contribution >= 0.6 is 0 Å². The van der Waals surface area contributed by atoms with Gasteiger partial charge in [0.15, 0.2) is 9.84 Å². The van der Waals surface area contributed by atoms with E-state index in [1.165, 1.54) is 22.8 Å². The summed E-state index contributed by atoms with van der Waals surface area (Å²) >= 11 is 0. The summed E-state index contributed by atoms with van der Waals surface area (Å²) < 4.78 is 35.2. The number of hydrogen-bond acceptors (Lipinski definition) is 6. The Morgan fingerprint density at radius 3 is 2.38 bits per heavy atom. The van der Waals surface area contributed by atoms with E-state index in [2.05, 4.69) is 6.58 Å². The topological polar surface area (TPSA) is 94.9 Å². The molecule has 0 radical (unpaired) electrons. The van der Waals surface area contributed by atoms with Crippen molar-refractivity contribution in [3.8, 4) is 11.4 Å². The molecule has 3 rings (SSSR count).